The molecule has 0 aliphatic rings. The maximum absolute atomic E-state index is 14.4. The second-order valence-electron chi connectivity index (χ2n) is 6.90. The van der Waals surface area contributed by atoms with E-state index in [-0.39, 0.29) is 34.4 Å². The van der Waals surface area contributed by atoms with E-state index in [4.69, 9.17) is 7.85 Å². The molecule has 0 aliphatic heterocycles. The molecule has 3 aromatic heterocycles. The van der Waals surface area contributed by atoms with E-state index in [1.807, 2.05) is 0 Å². The highest BCUT2D eigenvalue weighted by Crippen LogP contribution is 2.24. The molecule has 0 bridgehead atoms. The van der Waals surface area contributed by atoms with Crippen LogP contribution in [-0.4, -0.2) is 26.5 Å². The third-order valence-corrected chi connectivity index (χ3v) is 4.98. The van der Waals surface area contributed by atoms with Crippen LogP contribution in [0.15, 0.2) is 63.2 Å². The zero-order valence-corrected chi connectivity index (χ0v) is 16.8. The molecule has 0 unspecified atom stereocenters. The summed E-state index contributed by atoms with van der Waals surface area (Å²) in [5, 5.41) is 2.87. The lowest BCUT2D eigenvalue weighted by atomic mass is 9.96. The molecule has 0 spiro atoms. The number of hydrogen-bond donors (Lipinski definition) is 1. The van der Waals surface area contributed by atoms with E-state index < -0.39 is 22.6 Å². The number of nitrogens with zero attached hydrogens (tertiary/aromatic N) is 4. The molecule has 31 heavy (non-hydrogen) atoms. The van der Waals surface area contributed by atoms with E-state index in [2.05, 4.69) is 10.3 Å². The first kappa shape index (κ1) is 20.3. The molecular weight excluding hydrogens is 400 g/mol. The maximum atomic E-state index is 14.4. The molecule has 0 fully saturated rings. The van der Waals surface area contributed by atoms with Gasteiger partial charge in [-0.05, 0) is 31.2 Å². The fourth-order valence-electron chi connectivity index (χ4n) is 3.46. The van der Waals surface area contributed by atoms with E-state index in [0.717, 1.165) is 10.6 Å². The topological polar surface area (TPSA) is 90.9 Å². The van der Waals surface area contributed by atoms with Crippen molar-refractivity contribution in [3.63, 3.8) is 0 Å². The number of halogens is 1. The highest BCUT2D eigenvalue weighted by atomic mass is 19.1. The van der Waals surface area contributed by atoms with Gasteiger partial charge in [0.15, 0.2) is 0 Å². The maximum Gasteiger partial charge on any atom is 0.337 e. The molecule has 1 aromatic carbocycles. The monoisotopic (exact) mass is 417 g/mol. The van der Waals surface area contributed by atoms with Crippen LogP contribution < -0.4 is 27.6 Å². The average molecular weight is 417 g/mol. The average Bonchev–Trinajstić information content (AvgIpc) is 2.74. The smallest absolute Gasteiger partial charge is 0.337 e. The Labute approximate surface area is 176 Å². The number of anilines is 2. The zero-order chi connectivity index (χ0) is 22.3. The van der Waals surface area contributed by atoms with E-state index in [9.17, 15) is 18.8 Å². The fourth-order valence-corrected chi connectivity index (χ4v) is 3.46. The third-order valence-electron chi connectivity index (χ3n) is 4.98. The first-order chi connectivity index (χ1) is 14.8. The Morgan fingerprint density at radius 1 is 1.13 bits per heavy atom. The number of aryl methyl sites for hydroxylation is 1. The molecule has 0 saturated heterocycles. The number of rotatable bonds is 4. The number of fused-ring (bicyclic) bond motifs is 1. The summed E-state index contributed by atoms with van der Waals surface area (Å²) >= 11 is 0. The predicted octanol–water partition coefficient (Wildman–Crippen LogP) is 0.942. The van der Waals surface area contributed by atoms with Crippen LogP contribution in [0.4, 0.5) is 15.8 Å². The van der Waals surface area contributed by atoms with Crippen LogP contribution >= 0.6 is 0 Å². The normalized spacial score (nSPS) is 11.1. The van der Waals surface area contributed by atoms with Crippen molar-refractivity contribution in [2.75, 3.05) is 5.32 Å². The molecule has 0 amide bonds. The van der Waals surface area contributed by atoms with Gasteiger partial charge in [0, 0.05) is 25.9 Å². The molecular formula is C21H17BFN5O3. The lowest BCUT2D eigenvalue weighted by molar-refractivity contribution is 0.633. The van der Waals surface area contributed by atoms with Crippen LogP contribution in [0.25, 0.3) is 16.7 Å². The van der Waals surface area contributed by atoms with Crippen molar-refractivity contribution >= 4 is 35.7 Å². The van der Waals surface area contributed by atoms with Gasteiger partial charge >= 0.3 is 5.69 Å². The van der Waals surface area contributed by atoms with Crippen molar-refractivity contribution in [3.05, 3.63) is 85.8 Å². The minimum atomic E-state index is -0.648. The van der Waals surface area contributed by atoms with Crippen LogP contribution in [0.2, 0.25) is 0 Å². The van der Waals surface area contributed by atoms with Gasteiger partial charge in [0.1, 0.15) is 24.7 Å². The Morgan fingerprint density at radius 3 is 2.55 bits per heavy atom. The molecule has 0 saturated carbocycles. The van der Waals surface area contributed by atoms with Crippen LogP contribution in [0.5, 0.6) is 0 Å². The van der Waals surface area contributed by atoms with Crippen molar-refractivity contribution < 1.29 is 4.39 Å². The Morgan fingerprint density at radius 2 is 1.90 bits per heavy atom. The summed E-state index contributed by atoms with van der Waals surface area (Å²) in [7, 11) is 7.06. The summed E-state index contributed by atoms with van der Waals surface area (Å²) in [6.45, 7) is 1.77. The van der Waals surface area contributed by atoms with Gasteiger partial charge in [0.25, 0.3) is 11.1 Å². The van der Waals surface area contributed by atoms with E-state index >= 15 is 0 Å². The van der Waals surface area contributed by atoms with Gasteiger partial charge in [-0.15, -0.1) is 0 Å². The summed E-state index contributed by atoms with van der Waals surface area (Å²) < 4.78 is 17.9. The molecule has 1 N–H and O–H groups in total. The Kier molecular flexibility index (Phi) is 5.06. The van der Waals surface area contributed by atoms with Crippen molar-refractivity contribution in [3.8, 4) is 5.69 Å². The summed E-state index contributed by atoms with van der Waals surface area (Å²) in [5.74, 6) is -0.648. The van der Waals surface area contributed by atoms with E-state index in [1.165, 1.54) is 40.6 Å². The van der Waals surface area contributed by atoms with Gasteiger partial charge in [-0.3, -0.25) is 23.7 Å². The molecule has 3 heterocycles. The molecule has 2 radical (unpaired) electrons. The summed E-state index contributed by atoms with van der Waals surface area (Å²) in [5.41, 5.74) is -0.913. The minimum absolute atomic E-state index is 0.0327. The number of hydrogen-bond acceptors (Lipinski definition) is 5. The van der Waals surface area contributed by atoms with E-state index in [1.54, 1.807) is 25.3 Å². The second-order valence-corrected chi connectivity index (χ2v) is 6.90. The SMILES string of the molecule is [B]c1ccc(Nc2cc(=O)n(C)c3c2c(=O)n(CC)c(=O)n3-c2cccnc2)c(F)c1. The number of pyridine rings is 2. The molecule has 4 rings (SSSR count). The lowest BCUT2D eigenvalue weighted by Gasteiger charge is -2.18. The largest absolute Gasteiger partial charge is 0.352 e. The van der Waals surface area contributed by atoms with Crippen LogP contribution in [0, 0.1) is 5.82 Å². The van der Waals surface area contributed by atoms with Gasteiger partial charge in [-0.25, -0.2) is 13.8 Å². The van der Waals surface area contributed by atoms with Crippen LogP contribution in [-0.2, 0) is 13.6 Å². The van der Waals surface area contributed by atoms with Crippen LogP contribution in [0.1, 0.15) is 6.92 Å². The first-order valence-corrected chi connectivity index (χ1v) is 9.45. The van der Waals surface area contributed by atoms with Crippen molar-refractivity contribution in [1.82, 2.24) is 18.7 Å². The molecule has 0 aliphatic carbocycles. The summed E-state index contributed by atoms with van der Waals surface area (Å²) in [6, 6.07) is 8.49. The van der Waals surface area contributed by atoms with Gasteiger partial charge in [-0.2, -0.15) is 0 Å². The second kappa shape index (κ2) is 7.71. The Bertz CT molecular complexity index is 1490. The summed E-state index contributed by atoms with van der Waals surface area (Å²) in [4.78, 5) is 43.1. The van der Waals surface area contributed by atoms with Crippen molar-refractivity contribution in [2.24, 2.45) is 7.05 Å². The molecule has 10 heteroatoms. The Balaban J connectivity index is 2.15. The van der Waals surface area contributed by atoms with Gasteiger partial charge < -0.3 is 5.32 Å². The Hall–Kier alpha value is -3.95. The predicted molar refractivity (Wildman–Crippen MR) is 118 cm³/mol. The lowest BCUT2D eigenvalue weighted by Crippen LogP contribution is -2.41. The molecule has 154 valence electrons. The van der Waals surface area contributed by atoms with Gasteiger partial charge in [0.2, 0.25) is 0 Å². The quantitative estimate of drug-likeness (QED) is 0.500. The summed E-state index contributed by atoms with van der Waals surface area (Å²) in [6.07, 6.45) is 3.00. The highest BCUT2D eigenvalue weighted by Gasteiger charge is 2.20. The highest BCUT2D eigenvalue weighted by molar-refractivity contribution is 6.32. The van der Waals surface area contributed by atoms with Gasteiger partial charge in [0.05, 0.1) is 23.3 Å². The zero-order valence-electron chi connectivity index (χ0n) is 16.8. The van der Waals surface area contributed by atoms with Gasteiger partial charge in [-0.1, -0.05) is 11.5 Å². The number of benzene rings is 1. The number of aromatic nitrogens is 4. The fraction of sp³-hybridized carbons (Fsp3) is 0.143. The van der Waals surface area contributed by atoms with Crippen molar-refractivity contribution in [1.29, 1.82) is 0 Å². The molecule has 4 aromatic rings. The van der Waals surface area contributed by atoms with Crippen LogP contribution in [0.3, 0.4) is 0 Å². The standard InChI is InChI=1S/C21H17BFN5O3/c1-3-27-20(30)18-16(25-15-7-6-12(22)9-14(15)23)10-17(29)26(2)19(18)28(21(27)31)13-5-4-8-24-11-13/h4-11,25H,3H2,1-2H3. The van der Waals surface area contributed by atoms with E-state index in [0.29, 0.717) is 5.69 Å². The number of nitrogens with one attached hydrogen (secondary N) is 1. The molecule has 8 nitrogen and oxygen atoms in total. The third kappa shape index (κ3) is 3.35. The van der Waals surface area contributed by atoms with Crippen molar-refractivity contribution in [2.45, 2.75) is 13.5 Å². The minimum Gasteiger partial charge on any atom is -0.352 e. The first-order valence-electron chi connectivity index (χ1n) is 9.45. The molecule has 0 atom stereocenters.